The molecule has 8 heteroatoms. The second-order valence-corrected chi connectivity index (χ2v) is 6.91. The molecule has 0 aliphatic carbocycles. The SMILES string of the molecule is CCn1nccc1CN(CCO)C(=O)c1c2c(nn1CC)[C@H](C)O[C@H](C)C2. The van der Waals surface area contributed by atoms with Crippen LogP contribution in [0.5, 0.6) is 0 Å². The zero-order valence-corrected chi connectivity index (χ0v) is 16.6. The van der Waals surface area contributed by atoms with E-state index in [9.17, 15) is 9.90 Å². The summed E-state index contributed by atoms with van der Waals surface area (Å²) in [7, 11) is 0. The number of nitrogens with zero attached hydrogens (tertiary/aromatic N) is 5. The first-order valence-corrected chi connectivity index (χ1v) is 9.65. The number of rotatable bonds is 7. The minimum atomic E-state index is -0.129. The van der Waals surface area contributed by atoms with Crippen LogP contribution in [0.2, 0.25) is 0 Å². The summed E-state index contributed by atoms with van der Waals surface area (Å²) in [5.41, 5.74) is 3.38. The number of amides is 1. The second-order valence-electron chi connectivity index (χ2n) is 6.91. The molecule has 1 amide bonds. The van der Waals surface area contributed by atoms with Gasteiger partial charge in [-0.2, -0.15) is 10.2 Å². The van der Waals surface area contributed by atoms with Gasteiger partial charge in [-0.25, -0.2) is 0 Å². The fourth-order valence-corrected chi connectivity index (χ4v) is 3.76. The number of hydrogen-bond donors (Lipinski definition) is 1. The van der Waals surface area contributed by atoms with Crippen molar-refractivity contribution >= 4 is 5.91 Å². The summed E-state index contributed by atoms with van der Waals surface area (Å²) in [6, 6.07) is 1.91. The van der Waals surface area contributed by atoms with E-state index in [0.717, 1.165) is 23.5 Å². The van der Waals surface area contributed by atoms with Crippen molar-refractivity contribution in [3.8, 4) is 0 Å². The fourth-order valence-electron chi connectivity index (χ4n) is 3.76. The van der Waals surface area contributed by atoms with E-state index in [2.05, 4.69) is 10.2 Å². The van der Waals surface area contributed by atoms with Gasteiger partial charge >= 0.3 is 0 Å². The summed E-state index contributed by atoms with van der Waals surface area (Å²) >= 11 is 0. The lowest BCUT2D eigenvalue weighted by Crippen LogP contribution is -2.36. The Morgan fingerprint density at radius 3 is 2.74 bits per heavy atom. The van der Waals surface area contributed by atoms with Crippen LogP contribution in [0.15, 0.2) is 12.3 Å². The van der Waals surface area contributed by atoms with Gasteiger partial charge in [0.25, 0.3) is 5.91 Å². The van der Waals surface area contributed by atoms with Crippen LogP contribution in [0.25, 0.3) is 0 Å². The predicted octanol–water partition coefficient (Wildman–Crippen LogP) is 1.78. The lowest BCUT2D eigenvalue weighted by molar-refractivity contribution is -0.00717. The molecule has 2 aromatic heterocycles. The number of fused-ring (bicyclic) bond motifs is 1. The van der Waals surface area contributed by atoms with Gasteiger partial charge < -0.3 is 14.7 Å². The van der Waals surface area contributed by atoms with Crippen LogP contribution in [0.1, 0.15) is 61.2 Å². The Morgan fingerprint density at radius 1 is 1.33 bits per heavy atom. The van der Waals surface area contributed by atoms with Gasteiger partial charge in [0.05, 0.1) is 36.7 Å². The summed E-state index contributed by atoms with van der Waals surface area (Å²) in [6.45, 7) is 9.89. The van der Waals surface area contributed by atoms with E-state index in [1.807, 2.05) is 38.4 Å². The number of aryl methyl sites for hydroxylation is 2. The normalized spacial score (nSPS) is 19.1. The lowest BCUT2D eigenvalue weighted by Gasteiger charge is -2.26. The van der Waals surface area contributed by atoms with Gasteiger partial charge in [0.2, 0.25) is 0 Å². The van der Waals surface area contributed by atoms with E-state index < -0.39 is 0 Å². The molecule has 0 saturated heterocycles. The molecule has 2 aromatic rings. The highest BCUT2D eigenvalue weighted by Crippen LogP contribution is 2.32. The van der Waals surface area contributed by atoms with Crippen LogP contribution < -0.4 is 0 Å². The Labute approximate surface area is 159 Å². The molecule has 1 N–H and O–H groups in total. The molecule has 3 rings (SSSR count). The smallest absolute Gasteiger partial charge is 0.272 e. The van der Waals surface area contributed by atoms with E-state index >= 15 is 0 Å². The fraction of sp³-hybridized carbons (Fsp3) is 0.632. The van der Waals surface area contributed by atoms with Crippen LogP contribution in [0.4, 0.5) is 0 Å². The number of hydrogen-bond acceptors (Lipinski definition) is 5. The molecule has 0 fully saturated rings. The molecule has 8 nitrogen and oxygen atoms in total. The highest BCUT2D eigenvalue weighted by molar-refractivity contribution is 5.94. The van der Waals surface area contributed by atoms with Crippen LogP contribution in [-0.2, 0) is 30.8 Å². The van der Waals surface area contributed by atoms with Gasteiger partial charge in [-0.3, -0.25) is 14.2 Å². The molecule has 1 aliphatic heterocycles. The first-order valence-electron chi connectivity index (χ1n) is 9.65. The standard InChI is InChI=1S/C19H29N5O3/c1-5-23-15(7-8-20-23)12-22(9-10-25)19(26)18-16-11-13(3)27-14(4)17(16)21-24(18)6-2/h7-8,13-14,25H,5-6,9-12H2,1-4H3/t13-,14+/m1/s1. The first-order chi connectivity index (χ1) is 13.0. The molecule has 148 valence electrons. The van der Waals surface area contributed by atoms with Crippen LogP contribution in [0, 0.1) is 0 Å². The molecule has 0 aromatic carbocycles. The van der Waals surface area contributed by atoms with Gasteiger partial charge in [0, 0.05) is 37.8 Å². The van der Waals surface area contributed by atoms with Crippen molar-refractivity contribution in [3.63, 3.8) is 0 Å². The molecule has 0 saturated carbocycles. The highest BCUT2D eigenvalue weighted by Gasteiger charge is 2.33. The molecule has 0 radical (unpaired) electrons. The molecular weight excluding hydrogens is 346 g/mol. The highest BCUT2D eigenvalue weighted by atomic mass is 16.5. The average molecular weight is 375 g/mol. The van der Waals surface area contributed by atoms with Crippen molar-refractivity contribution < 1.29 is 14.6 Å². The zero-order chi connectivity index (χ0) is 19.6. The molecule has 0 unspecified atom stereocenters. The van der Waals surface area contributed by atoms with Crippen LogP contribution in [-0.4, -0.2) is 54.7 Å². The minimum absolute atomic E-state index is 0.0429. The number of aliphatic hydroxyl groups is 1. The van der Waals surface area contributed by atoms with E-state index in [1.54, 1.807) is 15.8 Å². The van der Waals surface area contributed by atoms with Gasteiger partial charge in [0.1, 0.15) is 5.69 Å². The van der Waals surface area contributed by atoms with Gasteiger partial charge in [-0.05, 0) is 33.8 Å². The third-order valence-corrected chi connectivity index (χ3v) is 5.01. The summed E-state index contributed by atoms with van der Waals surface area (Å²) in [5, 5.41) is 18.4. The monoisotopic (exact) mass is 375 g/mol. The topological polar surface area (TPSA) is 85.4 Å². The Morgan fingerprint density at radius 2 is 2.07 bits per heavy atom. The Hall–Kier alpha value is -2.19. The van der Waals surface area contributed by atoms with E-state index in [4.69, 9.17) is 4.74 Å². The maximum atomic E-state index is 13.5. The minimum Gasteiger partial charge on any atom is -0.395 e. The maximum absolute atomic E-state index is 13.5. The molecule has 1 aliphatic rings. The van der Waals surface area contributed by atoms with Crippen molar-refractivity contribution in [1.29, 1.82) is 0 Å². The Bertz CT molecular complexity index is 797. The number of carbonyl (C=O) groups excluding carboxylic acids is 1. The number of aliphatic hydroxyl groups excluding tert-OH is 1. The van der Waals surface area contributed by atoms with Crippen molar-refractivity contribution in [1.82, 2.24) is 24.5 Å². The largest absolute Gasteiger partial charge is 0.395 e. The third kappa shape index (κ3) is 3.77. The molecule has 27 heavy (non-hydrogen) atoms. The van der Waals surface area contributed by atoms with Gasteiger partial charge in [0.15, 0.2) is 0 Å². The quantitative estimate of drug-likeness (QED) is 0.797. The molecule has 0 bridgehead atoms. The number of aromatic nitrogens is 4. The lowest BCUT2D eigenvalue weighted by atomic mass is 9.99. The predicted molar refractivity (Wildman–Crippen MR) is 100 cm³/mol. The Kier molecular flexibility index (Phi) is 5.96. The average Bonchev–Trinajstić information content (AvgIpc) is 3.24. The van der Waals surface area contributed by atoms with Gasteiger partial charge in [-0.15, -0.1) is 0 Å². The van der Waals surface area contributed by atoms with E-state index in [1.165, 1.54) is 0 Å². The number of ether oxygens (including phenoxy) is 1. The molecular formula is C19H29N5O3. The second kappa shape index (κ2) is 8.22. The first kappa shape index (κ1) is 19.6. The van der Waals surface area contributed by atoms with Crippen molar-refractivity contribution in [2.45, 2.75) is 66.0 Å². The maximum Gasteiger partial charge on any atom is 0.272 e. The molecule has 3 heterocycles. The van der Waals surface area contributed by atoms with E-state index in [-0.39, 0.29) is 31.3 Å². The van der Waals surface area contributed by atoms with Crippen molar-refractivity contribution in [2.75, 3.05) is 13.2 Å². The van der Waals surface area contributed by atoms with Gasteiger partial charge in [-0.1, -0.05) is 0 Å². The summed E-state index contributed by atoms with van der Waals surface area (Å²) in [4.78, 5) is 15.1. The number of carbonyl (C=O) groups is 1. The van der Waals surface area contributed by atoms with Crippen molar-refractivity contribution in [3.05, 3.63) is 34.9 Å². The zero-order valence-electron chi connectivity index (χ0n) is 16.6. The molecule has 0 spiro atoms. The van der Waals surface area contributed by atoms with Crippen LogP contribution in [0.3, 0.4) is 0 Å². The Balaban J connectivity index is 1.97. The van der Waals surface area contributed by atoms with E-state index in [0.29, 0.717) is 25.2 Å². The summed E-state index contributed by atoms with van der Waals surface area (Å²) < 4.78 is 9.51. The summed E-state index contributed by atoms with van der Waals surface area (Å²) in [6.07, 6.45) is 2.32. The van der Waals surface area contributed by atoms with Crippen molar-refractivity contribution in [2.24, 2.45) is 0 Å². The third-order valence-electron chi connectivity index (χ3n) is 5.01. The van der Waals surface area contributed by atoms with Crippen LogP contribution >= 0.6 is 0 Å². The summed E-state index contributed by atoms with van der Waals surface area (Å²) in [5.74, 6) is -0.107. The molecule has 2 atom stereocenters.